The molecule has 0 bridgehead atoms. The number of hydrogen-bond donors (Lipinski definition) is 0. The van der Waals surface area contributed by atoms with Crippen LogP contribution in [0.3, 0.4) is 0 Å². The number of methoxy groups -OCH3 is 1. The second-order valence-corrected chi connectivity index (χ2v) is 5.56. The van der Waals surface area contributed by atoms with Crippen LogP contribution in [0.15, 0.2) is 30.3 Å². The van der Waals surface area contributed by atoms with Crippen LogP contribution in [0.1, 0.15) is 27.0 Å². The molecule has 0 saturated heterocycles. The van der Waals surface area contributed by atoms with Gasteiger partial charge in [0.1, 0.15) is 0 Å². The Morgan fingerprint density at radius 2 is 1.71 bits per heavy atom. The molecule has 0 heterocycles. The van der Waals surface area contributed by atoms with Gasteiger partial charge in [-0.2, -0.15) is 0 Å². The highest BCUT2D eigenvalue weighted by Crippen LogP contribution is 2.31. The molecule has 0 aromatic heterocycles. The van der Waals surface area contributed by atoms with Gasteiger partial charge < -0.3 is 9.47 Å². The molecule has 0 unspecified atom stereocenters. The summed E-state index contributed by atoms with van der Waals surface area (Å²) in [6, 6.07) is 7.80. The summed E-state index contributed by atoms with van der Waals surface area (Å²) in [6.07, 6.45) is 0. The summed E-state index contributed by atoms with van der Waals surface area (Å²) in [4.78, 5) is 22.8. The SMILES string of the molecule is COc1ccc([N+](=O)[O-])cc1OCC(=O)c1cc(C)c(C)cc1C. The normalized spacial score (nSPS) is 10.3. The number of ether oxygens (including phenoxy) is 2. The number of nitro benzene ring substituents is 1. The topological polar surface area (TPSA) is 78.7 Å². The molecule has 24 heavy (non-hydrogen) atoms. The molecule has 0 saturated carbocycles. The second kappa shape index (κ2) is 7.12. The van der Waals surface area contributed by atoms with Crippen LogP contribution in [0.4, 0.5) is 5.69 Å². The Labute approximate surface area is 140 Å². The van der Waals surface area contributed by atoms with Gasteiger partial charge in [0.05, 0.1) is 18.1 Å². The average molecular weight is 329 g/mol. The van der Waals surface area contributed by atoms with Crippen molar-refractivity contribution in [2.75, 3.05) is 13.7 Å². The van der Waals surface area contributed by atoms with Crippen molar-refractivity contribution in [2.24, 2.45) is 0 Å². The summed E-state index contributed by atoms with van der Waals surface area (Å²) < 4.78 is 10.6. The number of non-ortho nitro benzene ring substituents is 1. The first-order valence-corrected chi connectivity index (χ1v) is 7.39. The van der Waals surface area contributed by atoms with Crippen LogP contribution in [-0.4, -0.2) is 24.4 Å². The van der Waals surface area contributed by atoms with Crippen molar-refractivity contribution in [3.63, 3.8) is 0 Å². The summed E-state index contributed by atoms with van der Waals surface area (Å²) >= 11 is 0. The van der Waals surface area contributed by atoms with Gasteiger partial charge in [-0.3, -0.25) is 14.9 Å². The first-order valence-electron chi connectivity index (χ1n) is 7.39. The summed E-state index contributed by atoms with van der Waals surface area (Å²) in [6.45, 7) is 5.57. The Balaban J connectivity index is 2.21. The van der Waals surface area contributed by atoms with Gasteiger partial charge in [0.2, 0.25) is 0 Å². The van der Waals surface area contributed by atoms with E-state index in [9.17, 15) is 14.9 Å². The van der Waals surface area contributed by atoms with Gasteiger partial charge in [-0.25, -0.2) is 0 Å². The Morgan fingerprint density at radius 1 is 1.04 bits per heavy atom. The number of benzene rings is 2. The van der Waals surface area contributed by atoms with Crippen molar-refractivity contribution < 1.29 is 19.2 Å². The first-order chi connectivity index (χ1) is 11.3. The molecule has 6 heteroatoms. The summed E-state index contributed by atoms with van der Waals surface area (Å²) in [5, 5.41) is 10.9. The molecule has 2 aromatic carbocycles. The minimum atomic E-state index is -0.526. The molecule has 0 aliphatic carbocycles. The van der Waals surface area contributed by atoms with Crippen LogP contribution in [0.25, 0.3) is 0 Å². The molecular weight excluding hydrogens is 310 g/mol. The Morgan fingerprint density at radius 3 is 2.33 bits per heavy atom. The zero-order chi connectivity index (χ0) is 17.9. The Bertz CT molecular complexity index is 798. The molecule has 0 radical (unpaired) electrons. The molecular formula is C18H19NO5. The smallest absolute Gasteiger partial charge is 0.273 e. The van der Waals surface area contributed by atoms with Crippen LogP contribution >= 0.6 is 0 Å². The average Bonchev–Trinajstić information content (AvgIpc) is 2.55. The van der Waals surface area contributed by atoms with Gasteiger partial charge in [-0.1, -0.05) is 6.07 Å². The summed E-state index contributed by atoms with van der Waals surface area (Å²) in [7, 11) is 1.43. The third-order valence-electron chi connectivity index (χ3n) is 3.86. The van der Waals surface area contributed by atoms with E-state index >= 15 is 0 Å². The number of nitro groups is 1. The highest BCUT2D eigenvalue weighted by molar-refractivity contribution is 5.98. The second-order valence-electron chi connectivity index (χ2n) is 5.56. The number of nitrogens with zero attached hydrogens (tertiary/aromatic N) is 1. The van der Waals surface area contributed by atoms with Crippen molar-refractivity contribution in [2.45, 2.75) is 20.8 Å². The van der Waals surface area contributed by atoms with Crippen molar-refractivity contribution >= 4 is 11.5 Å². The number of rotatable bonds is 6. The van der Waals surface area contributed by atoms with Gasteiger partial charge in [0, 0.05) is 11.6 Å². The number of hydrogen-bond acceptors (Lipinski definition) is 5. The van der Waals surface area contributed by atoms with Crippen molar-refractivity contribution in [1.29, 1.82) is 0 Å². The van der Waals surface area contributed by atoms with E-state index in [1.807, 2.05) is 32.9 Å². The monoisotopic (exact) mass is 329 g/mol. The molecule has 2 aromatic rings. The van der Waals surface area contributed by atoms with Crippen LogP contribution < -0.4 is 9.47 Å². The summed E-state index contributed by atoms with van der Waals surface area (Å²) in [5.41, 5.74) is 3.48. The number of carbonyl (C=O) groups excluding carboxylic acids is 1. The van der Waals surface area contributed by atoms with Crippen LogP contribution in [0, 0.1) is 30.9 Å². The predicted molar refractivity (Wildman–Crippen MR) is 90.1 cm³/mol. The molecule has 2 rings (SSSR count). The molecule has 6 nitrogen and oxygen atoms in total. The lowest BCUT2D eigenvalue weighted by Crippen LogP contribution is -2.14. The molecule has 0 aliphatic rings. The largest absolute Gasteiger partial charge is 0.493 e. The minimum absolute atomic E-state index is 0.124. The van der Waals surface area contributed by atoms with E-state index in [4.69, 9.17) is 9.47 Å². The number of ketones is 1. The highest BCUT2D eigenvalue weighted by atomic mass is 16.6. The predicted octanol–water partition coefficient (Wildman–Crippen LogP) is 3.79. The van der Waals surface area contributed by atoms with E-state index in [0.29, 0.717) is 11.3 Å². The van der Waals surface area contributed by atoms with Crippen molar-refractivity contribution in [1.82, 2.24) is 0 Å². The number of carbonyl (C=O) groups is 1. The van der Waals surface area contributed by atoms with E-state index < -0.39 is 4.92 Å². The lowest BCUT2D eigenvalue weighted by molar-refractivity contribution is -0.385. The molecule has 0 fully saturated rings. The fourth-order valence-corrected chi connectivity index (χ4v) is 2.37. The van der Waals surface area contributed by atoms with E-state index in [1.165, 1.54) is 25.3 Å². The molecule has 126 valence electrons. The highest BCUT2D eigenvalue weighted by Gasteiger charge is 2.16. The van der Waals surface area contributed by atoms with Crippen LogP contribution in [0.2, 0.25) is 0 Å². The number of Topliss-reactive ketones (excluding diaryl/α,β-unsaturated/α-hetero) is 1. The maximum Gasteiger partial charge on any atom is 0.273 e. The van der Waals surface area contributed by atoms with Gasteiger partial charge in [0.25, 0.3) is 5.69 Å². The van der Waals surface area contributed by atoms with Crippen LogP contribution in [-0.2, 0) is 0 Å². The fraction of sp³-hybridized carbons (Fsp3) is 0.278. The molecule has 0 spiro atoms. The Kier molecular flexibility index (Phi) is 5.18. The Hall–Kier alpha value is -2.89. The van der Waals surface area contributed by atoms with Gasteiger partial charge in [0.15, 0.2) is 23.9 Å². The van der Waals surface area contributed by atoms with Crippen molar-refractivity contribution in [3.8, 4) is 11.5 Å². The van der Waals surface area contributed by atoms with E-state index in [2.05, 4.69) is 0 Å². The molecule has 0 N–H and O–H groups in total. The van der Waals surface area contributed by atoms with E-state index in [0.717, 1.165) is 16.7 Å². The molecule has 0 atom stereocenters. The fourth-order valence-electron chi connectivity index (χ4n) is 2.37. The van der Waals surface area contributed by atoms with E-state index in [-0.39, 0.29) is 23.8 Å². The number of aryl methyl sites for hydroxylation is 3. The van der Waals surface area contributed by atoms with Crippen molar-refractivity contribution in [3.05, 3.63) is 62.7 Å². The van der Waals surface area contributed by atoms with Gasteiger partial charge >= 0.3 is 0 Å². The quantitative estimate of drug-likeness (QED) is 0.458. The first kappa shape index (κ1) is 17.5. The lowest BCUT2D eigenvalue weighted by atomic mass is 9.98. The third kappa shape index (κ3) is 3.71. The zero-order valence-corrected chi connectivity index (χ0v) is 14.1. The van der Waals surface area contributed by atoms with E-state index in [1.54, 1.807) is 0 Å². The molecule has 0 aliphatic heterocycles. The van der Waals surface area contributed by atoms with Gasteiger partial charge in [-0.15, -0.1) is 0 Å². The minimum Gasteiger partial charge on any atom is -0.493 e. The lowest BCUT2D eigenvalue weighted by Gasteiger charge is -2.12. The summed E-state index contributed by atoms with van der Waals surface area (Å²) in [5.74, 6) is 0.316. The third-order valence-corrected chi connectivity index (χ3v) is 3.86. The molecule has 0 amide bonds. The van der Waals surface area contributed by atoms with Gasteiger partial charge in [-0.05, 0) is 49.6 Å². The van der Waals surface area contributed by atoms with Crippen LogP contribution in [0.5, 0.6) is 11.5 Å². The maximum atomic E-state index is 12.4. The standard InChI is InChI=1S/C18H19NO5/c1-11-7-13(3)15(8-12(11)2)16(20)10-24-18-9-14(19(21)22)5-6-17(18)23-4/h5-9H,10H2,1-4H3. The zero-order valence-electron chi connectivity index (χ0n) is 14.1. The maximum absolute atomic E-state index is 12.4.